The lowest BCUT2D eigenvalue weighted by Gasteiger charge is -2.13. The van der Waals surface area contributed by atoms with Gasteiger partial charge in [-0.1, -0.05) is 6.92 Å². The SMILES string of the molecule is CCOC(=O)CCCC(CC)OCC. The Morgan fingerprint density at radius 2 is 1.93 bits per heavy atom. The van der Waals surface area contributed by atoms with Gasteiger partial charge in [0.2, 0.25) is 0 Å². The number of hydrogen-bond acceptors (Lipinski definition) is 3. The molecule has 0 heterocycles. The molecule has 84 valence electrons. The number of rotatable bonds is 8. The van der Waals surface area contributed by atoms with E-state index < -0.39 is 0 Å². The first-order valence-corrected chi connectivity index (χ1v) is 5.51. The summed E-state index contributed by atoms with van der Waals surface area (Å²) in [6.07, 6.45) is 3.63. The van der Waals surface area contributed by atoms with Crippen molar-refractivity contribution >= 4 is 5.97 Å². The fraction of sp³-hybridized carbons (Fsp3) is 0.909. The molecule has 3 nitrogen and oxygen atoms in total. The fourth-order valence-electron chi connectivity index (χ4n) is 1.35. The average Bonchev–Trinajstić information content (AvgIpc) is 2.17. The molecule has 0 amide bonds. The second kappa shape index (κ2) is 9.00. The maximum absolute atomic E-state index is 11.0. The summed E-state index contributed by atoms with van der Waals surface area (Å²) in [5.41, 5.74) is 0. The molecule has 0 radical (unpaired) electrons. The molecule has 0 aliphatic heterocycles. The molecule has 0 aromatic carbocycles. The van der Waals surface area contributed by atoms with Crippen LogP contribution in [-0.2, 0) is 14.3 Å². The summed E-state index contributed by atoms with van der Waals surface area (Å²) in [6, 6.07) is 0. The van der Waals surface area contributed by atoms with Gasteiger partial charge < -0.3 is 9.47 Å². The molecule has 0 N–H and O–H groups in total. The van der Waals surface area contributed by atoms with Crippen LogP contribution in [0.3, 0.4) is 0 Å². The zero-order valence-corrected chi connectivity index (χ0v) is 9.54. The second-order valence-electron chi connectivity index (χ2n) is 3.18. The molecular weight excluding hydrogens is 180 g/mol. The first kappa shape index (κ1) is 13.4. The first-order valence-electron chi connectivity index (χ1n) is 5.51. The van der Waals surface area contributed by atoms with E-state index in [1.54, 1.807) is 0 Å². The van der Waals surface area contributed by atoms with Crippen molar-refractivity contribution in [2.45, 2.75) is 52.6 Å². The highest BCUT2D eigenvalue weighted by Gasteiger charge is 2.07. The van der Waals surface area contributed by atoms with Gasteiger partial charge in [-0.05, 0) is 33.1 Å². The van der Waals surface area contributed by atoms with E-state index in [1.807, 2.05) is 13.8 Å². The molecule has 1 unspecified atom stereocenters. The molecule has 0 aromatic heterocycles. The van der Waals surface area contributed by atoms with E-state index in [9.17, 15) is 4.79 Å². The molecule has 14 heavy (non-hydrogen) atoms. The molecule has 0 aromatic rings. The highest BCUT2D eigenvalue weighted by Crippen LogP contribution is 2.08. The highest BCUT2D eigenvalue weighted by atomic mass is 16.5. The largest absolute Gasteiger partial charge is 0.466 e. The van der Waals surface area contributed by atoms with Crippen molar-refractivity contribution in [2.24, 2.45) is 0 Å². The summed E-state index contributed by atoms with van der Waals surface area (Å²) in [5.74, 6) is -0.0983. The molecule has 0 fully saturated rings. The quantitative estimate of drug-likeness (QED) is 0.567. The maximum Gasteiger partial charge on any atom is 0.305 e. The number of carbonyl (C=O) groups is 1. The maximum atomic E-state index is 11.0. The summed E-state index contributed by atoms with van der Waals surface area (Å²) in [7, 11) is 0. The highest BCUT2D eigenvalue weighted by molar-refractivity contribution is 5.69. The molecule has 0 saturated carbocycles. The van der Waals surface area contributed by atoms with Gasteiger partial charge in [0.1, 0.15) is 0 Å². The first-order chi connectivity index (χ1) is 6.74. The summed E-state index contributed by atoms with van der Waals surface area (Å²) in [5, 5.41) is 0. The summed E-state index contributed by atoms with van der Waals surface area (Å²) >= 11 is 0. The third-order valence-electron chi connectivity index (χ3n) is 2.07. The summed E-state index contributed by atoms with van der Waals surface area (Å²) in [4.78, 5) is 11.0. The van der Waals surface area contributed by atoms with E-state index in [0.29, 0.717) is 19.1 Å². The van der Waals surface area contributed by atoms with Crippen molar-refractivity contribution in [1.29, 1.82) is 0 Å². The number of esters is 1. The second-order valence-corrected chi connectivity index (χ2v) is 3.18. The lowest BCUT2D eigenvalue weighted by atomic mass is 10.1. The summed E-state index contributed by atoms with van der Waals surface area (Å²) in [6.45, 7) is 7.14. The smallest absolute Gasteiger partial charge is 0.305 e. The minimum atomic E-state index is -0.0983. The summed E-state index contributed by atoms with van der Waals surface area (Å²) < 4.78 is 10.3. The van der Waals surface area contributed by atoms with E-state index in [0.717, 1.165) is 25.9 Å². The van der Waals surface area contributed by atoms with Gasteiger partial charge in [-0.2, -0.15) is 0 Å². The van der Waals surface area contributed by atoms with Crippen LogP contribution in [0, 0.1) is 0 Å². The zero-order chi connectivity index (χ0) is 10.8. The Labute approximate surface area is 86.8 Å². The molecule has 1 atom stereocenters. The minimum absolute atomic E-state index is 0.0983. The van der Waals surface area contributed by atoms with E-state index >= 15 is 0 Å². The van der Waals surface area contributed by atoms with Crippen LogP contribution in [0.5, 0.6) is 0 Å². The minimum Gasteiger partial charge on any atom is -0.466 e. The monoisotopic (exact) mass is 202 g/mol. The van der Waals surface area contributed by atoms with Crippen LogP contribution >= 0.6 is 0 Å². The van der Waals surface area contributed by atoms with E-state index in [-0.39, 0.29) is 5.97 Å². The Balaban J connectivity index is 3.45. The van der Waals surface area contributed by atoms with Crippen LogP contribution < -0.4 is 0 Å². The molecular formula is C11H22O3. The van der Waals surface area contributed by atoms with Gasteiger partial charge in [0.15, 0.2) is 0 Å². The molecule has 0 bridgehead atoms. The molecule has 0 rings (SSSR count). The third kappa shape index (κ3) is 6.89. The van der Waals surface area contributed by atoms with Crippen LogP contribution in [0.1, 0.15) is 46.5 Å². The van der Waals surface area contributed by atoms with E-state index in [2.05, 4.69) is 6.92 Å². The Hall–Kier alpha value is -0.570. The van der Waals surface area contributed by atoms with Gasteiger partial charge in [0.25, 0.3) is 0 Å². The molecule has 0 spiro atoms. The van der Waals surface area contributed by atoms with E-state index in [1.165, 1.54) is 0 Å². The van der Waals surface area contributed by atoms with Crippen molar-refractivity contribution in [3.05, 3.63) is 0 Å². The van der Waals surface area contributed by atoms with Gasteiger partial charge in [-0.15, -0.1) is 0 Å². The number of ether oxygens (including phenoxy) is 2. The van der Waals surface area contributed by atoms with Gasteiger partial charge in [-0.3, -0.25) is 4.79 Å². The topological polar surface area (TPSA) is 35.5 Å². The predicted octanol–water partition coefficient (Wildman–Crippen LogP) is 2.53. The lowest BCUT2D eigenvalue weighted by Crippen LogP contribution is -2.12. The molecule has 0 aliphatic rings. The predicted molar refractivity (Wildman–Crippen MR) is 56.2 cm³/mol. The van der Waals surface area contributed by atoms with Crippen LogP contribution in [0.2, 0.25) is 0 Å². The Kier molecular flexibility index (Phi) is 8.64. The Morgan fingerprint density at radius 3 is 2.43 bits per heavy atom. The van der Waals surface area contributed by atoms with Gasteiger partial charge in [0.05, 0.1) is 12.7 Å². The molecule has 0 aliphatic carbocycles. The standard InChI is InChI=1S/C11H22O3/c1-4-10(13-5-2)8-7-9-11(12)14-6-3/h10H,4-9H2,1-3H3. The van der Waals surface area contributed by atoms with Crippen LogP contribution in [0.25, 0.3) is 0 Å². The van der Waals surface area contributed by atoms with Crippen molar-refractivity contribution in [2.75, 3.05) is 13.2 Å². The Morgan fingerprint density at radius 1 is 1.21 bits per heavy atom. The van der Waals surface area contributed by atoms with Gasteiger partial charge >= 0.3 is 5.97 Å². The van der Waals surface area contributed by atoms with Crippen LogP contribution in [0.15, 0.2) is 0 Å². The lowest BCUT2D eigenvalue weighted by molar-refractivity contribution is -0.143. The average molecular weight is 202 g/mol. The van der Waals surface area contributed by atoms with E-state index in [4.69, 9.17) is 9.47 Å². The van der Waals surface area contributed by atoms with Crippen molar-refractivity contribution in [3.63, 3.8) is 0 Å². The fourth-order valence-corrected chi connectivity index (χ4v) is 1.35. The zero-order valence-electron chi connectivity index (χ0n) is 9.54. The molecule has 0 saturated heterocycles. The normalized spacial score (nSPS) is 12.5. The van der Waals surface area contributed by atoms with Crippen molar-refractivity contribution < 1.29 is 14.3 Å². The van der Waals surface area contributed by atoms with Crippen molar-refractivity contribution in [3.8, 4) is 0 Å². The van der Waals surface area contributed by atoms with Gasteiger partial charge in [-0.25, -0.2) is 0 Å². The molecule has 3 heteroatoms. The Bertz CT molecular complexity index is 145. The van der Waals surface area contributed by atoms with Crippen molar-refractivity contribution in [1.82, 2.24) is 0 Å². The van der Waals surface area contributed by atoms with Crippen LogP contribution in [-0.4, -0.2) is 25.3 Å². The number of carbonyl (C=O) groups excluding carboxylic acids is 1. The third-order valence-corrected chi connectivity index (χ3v) is 2.07. The van der Waals surface area contributed by atoms with Crippen LogP contribution in [0.4, 0.5) is 0 Å². The number of hydrogen-bond donors (Lipinski definition) is 0. The van der Waals surface area contributed by atoms with Gasteiger partial charge in [0, 0.05) is 13.0 Å².